The average Bonchev–Trinajstić information content (AvgIpc) is 2.08. The summed E-state index contributed by atoms with van der Waals surface area (Å²) in [5, 5.41) is 8.44. The van der Waals surface area contributed by atoms with Crippen LogP contribution in [0.2, 0.25) is 0 Å². The Kier molecular flexibility index (Phi) is 2.52. The number of nitriles is 1. The lowest BCUT2D eigenvalue weighted by Crippen LogP contribution is -2.00. The highest BCUT2D eigenvalue weighted by molar-refractivity contribution is 5.40. The minimum absolute atomic E-state index is 0.269. The first kappa shape index (κ1) is 9.52. The van der Waals surface area contributed by atoms with Crippen molar-refractivity contribution in [2.24, 2.45) is 0 Å². The molecule has 1 rings (SSSR count). The summed E-state index contributed by atoms with van der Waals surface area (Å²) in [5.41, 5.74) is -1.13. The summed E-state index contributed by atoms with van der Waals surface area (Å²) in [4.78, 5) is 3.17. The van der Waals surface area contributed by atoms with E-state index in [1.165, 1.54) is 13.0 Å². The Bertz CT molecular complexity index is 368. The summed E-state index contributed by atoms with van der Waals surface area (Å²) in [7, 11) is 0. The Labute approximate surface area is 72.6 Å². The number of aromatic nitrogens is 1. The van der Waals surface area contributed by atoms with Crippen LogP contribution in [0.5, 0.6) is 0 Å². The molecule has 68 valence electrons. The molecule has 1 heterocycles. The SMILES string of the molecule is Cc1c(F)ncc(C#N)c1C(F)F. The highest BCUT2D eigenvalue weighted by Gasteiger charge is 2.19. The monoisotopic (exact) mass is 186 g/mol. The topological polar surface area (TPSA) is 36.7 Å². The highest BCUT2D eigenvalue weighted by Crippen LogP contribution is 2.26. The molecule has 0 radical (unpaired) electrons. The van der Waals surface area contributed by atoms with Crippen LogP contribution in [0.15, 0.2) is 6.20 Å². The minimum atomic E-state index is -2.85. The summed E-state index contributed by atoms with van der Waals surface area (Å²) in [6, 6.07) is 1.54. The molecule has 2 nitrogen and oxygen atoms in total. The van der Waals surface area contributed by atoms with Crippen LogP contribution < -0.4 is 0 Å². The number of hydrogen-bond acceptors (Lipinski definition) is 2. The van der Waals surface area contributed by atoms with Crippen LogP contribution in [0.3, 0.4) is 0 Å². The van der Waals surface area contributed by atoms with Gasteiger partial charge in [-0.2, -0.15) is 9.65 Å². The molecule has 0 saturated carbocycles. The molecule has 13 heavy (non-hydrogen) atoms. The molecular formula is C8H5F3N2. The molecule has 1 aromatic rings. The fraction of sp³-hybridized carbons (Fsp3) is 0.250. The van der Waals surface area contributed by atoms with Crippen molar-refractivity contribution in [2.45, 2.75) is 13.3 Å². The number of hydrogen-bond donors (Lipinski definition) is 0. The third-order valence-corrected chi connectivity index (χ3v) is 1.65. The van der Waals surface area contributed by atoms with Gasteiger partial charge < -0.3 is 0 Å². The molecule has 0 bridgehead atoms. The van der Waals surface area contributed by atoms with E-state index >= 15 is 0 Å². The van der Waals surface area contributed by atoms with Crippen molar-refractivity contribution in [3.63, 3.8) is 0 Å². The molecule has 0 aromatic carbocycles. The van der Waals surface area contributed by atoms with E-state index in [9.17, 15) is 13.2 Å². The van der Waals surface area contributed by atoms with Crippen LogP contribution in [0.25, 0.3) is 0 Å². The summed E-state index contributed by atoms with van der Waals surface area (Å²) in [5.74, 6) is -0.964. The number of pyridine rings is 1. The molecule has 0 fully saturated rings. The van der Waals surface area contributed by atoms with Crippen LogP contribution in [0, 0.1) is 24.2 Å². The maximum atomic E-state index is 12.7. The van der Waals surface area contributed by atoms with Crippen LogP contribution in [-0.4, -0.2) is 4.98 Å². The van der Waals surface area contributed by atoms with Crippen LogP contribution in [0.4, 0.5) is 13.2 Å². The molecule has 0 aliphatic carbocycles. The fourth-order valence-electron chi connectivity index (χ4n) is 0.971. The second kappa shape index (κ2) is 3.44. The van der Waals surface area contributed by atoms with Gasteiger partial charge in [0.1, 0.15) is 6.07 Å². The number of alkyl halides is 2. The normalized spacial score (nSPS) is 10.2. The van der Waals surface area contributed by atoms with Gasteiger partial charge in [-0.1, -0.05) is 0 Å². The van der Waals surface area contributed by atoms with E-state index in [-0.39, 0.29) is 11.1 Å². The van der Waals surface area contributed by atoms with E-state index < -0.39 is 17.9 Å². The first-order chi connectivity index (χ1) is 6.07. The van der Waals surface area contributed by atoms with Gasteiger partial charge >= 0.3 is 0 Å². The second-order valence-corrected chi connectivity index (χ2v) is 2.41. The Morgan fingerprint density at radius 1 is 1.54 bits per heavy atom. The lowest BCUT2D eigenvalue weighted by atomic mass is 10.1. The third-order valence-electron chi connectivity index (χ3n) is 1.65. The molecule has 0 aliphatic heterocycles. The summed E-state index contributed by atoms with van der Waals surface area (Å²) < 4.78 is 37.3. The zero-order chi connectivity index (χ0) is 10.0. The van der Waals surface area contributed by atoms with Crippen molar-refractivity contribution in [1.29, 1.82) is 5.26 Å². The Hall–Kier alpha value is -1.57. The van der Waals surface area contributed by atoms with Gasteiger partial charge in [0.15, 0.2) is 0 Å². The average molecular weight is 186 g/mol. The molecule has 0 saturated heterocycles. The van der Waals surface area contributed by atoms with E-state index in [0.717, 1.165) is 6.20 Å². The van der Waals surface area contributed by atoms with E-state index in [0.29, 0.717) is 0 Å². The van der Waals surface area contributed by atoms with Gasteiger partial charge in [0.2, 0.25) is 5.95 Å². The number of rotatable bonds is 1. The van der Waals surface area contributed by atoms with Gasteiger partial charge in [-0.05, 0) is 6.92 Å². The molecule has 0 amide bonds. The Balaban J connectivity index is 3.43. The van der Waals surface area contributed by atoms with Crippen LogP contribution >= 0.6 is 0 Å². The number of nitrogens with zero attached hydrogens (tertiary/aromatic N) is 2. The van der Waals surface area contributed by atoms with Gasteiger partial charge in [0.05, 0.1) is 5.56 Å². The van der Waals surface area contributed by atoms with Crippen molar-refractivity contribution in [3.05, 3.63) is 28.8 Å². The van der Waals surface area contributed by atoms with Gasteiger partial charge in [-0.3, -0.25) is 0 Å². The van der Waals surface area contributed by atoms with Crippen molar-refractivity contribution in [2.75, 3.05) is 0 Å². The zero-order valence-electron chi connectivity index (χ0n) is 6.68. The third kappa shape index (κ3) is 1.61. The summed E-state index contributed by atoms with van der Waals surface area (Å²) >= 11 is 0. The van der Waals surface area contributed by atoms with Crippen LogP contribution in [-0.2, 0) is 0 Å². The van der Waals surface area contributed by atoms with E-state index in [4.69, 9.17) is 5.26 Å². The predicted molar refractivity (Wildman–Crippen MR) is 38.6 cm³/mol. The quantitative estimate of drug-likeness (QED) is 0.631. The molecular weight excluding hydrogens is 181 g/mol. The molecule has 0 unspecified atom stereocenters. The van der Waals surface area contributed by atoms with E-state index in [1.54, 1.807) is 0 Å². The van der Waals surface area contributed by atoms with Gasteiger partial charge in [0.25, 0.3) is 6.43 Å². The molecule has 0 atom stereocenters. The van der Waals surface area contributed by atoms with Gasteiger partial charge in [-0.15, -0.1) is 0 Å². The maximum absolute atomic E-state index is 12.7. The zero-order valence-corrected chi connectivity index (χ0v) is 6.68. The Morgan fingerprint density at radius 3 is 2.62 bits per heavy atom. The van der Waals surface area contributed by atoms with E-state index in [2.05, 4.69) is 4.98 Å². The smallest absolute Gasteiger partial charge is 0.227 e. The molecule has 1 aromatic heterocycles. The highest BCUT2D eigenvalue weighted by atomic mass is 19.3. The number of halogens is 3. The van der Waals surface area contributed by atoms with Crippen molar-refractivity contribution < 1.29 is 13.2 Å². The molecule has 0 aliphatic rings. The van der Waals surface area contributed by atoms with E-state index in [1.807, 2.05) is 0 Å². The van der Waals surface area contributed by atoms with Crippen molar-refractivity contribution in [3.8, 4) is 6.07 Å². The minimum Gasteiger partial charge on any atom is -0.227 e. The Morgan fingerprint density at radius 2 is 2.15 bits per heavy atom. The fourth-order valence-corrected chi connectivity index (χ4v) is 0.971. The van der Waals surface area contributed by atoms with Crippen molar-refractivity contribution in [1.82, 2.24) is 4.98 Å². The van der Waals surface area contributed by atoms with Gasteiger partial charge in [0, 0.05) is 17.3 Å². The predicted octanol–water partition coefficient (Wildman–Crippen LogP) is 2.34. The van der Waals surface area contributed by atoms with Gasteiger partial charge in [-0.25, -0.2) is 13.8 Å². The van der Waals surface area contributed by atoms with Crippen molar-refractivity contribution >= 4 is 0 Å². The second-order valence-electron chi connectivity index (χ2n) is 2.41. The summed E-state index contributed by atoms with van der Waals surface area (Å²) in [6.07, 6.45) is -2.05. The molecule has 0 N–H and O–H groups in total. The lowest BCUT2D eigenvalue weighted by molar-refractivity contribution is 0.149. The standard InChI is InChI=1S/C8H5F3N2/c1-4-6(7(9)10)5(2-12)3-13-8(4)11/h3,7H,1H3. The first-order valence-electron chi connectivity index (χ1n) is 3.41. The largest absolute Gasteiger partial charge is 0.265 e. The maximum Gasteiger partial charge on any atom is 0.265 e. The first-order valence-corrected chi connectivity index (χ1v) is 3.41. The van der Waals surface area contributed by atoms with Crippen LogP contribution in [0.1, 0.15) is 23.1 Å². The molecule has 5 heteroatoms. The molecule has 0 spiro atoms. The summed E-state index contributed by atoms with van der Waals surface area (Å²) in [6.45, 7) is 1.17. The lowest BCUT2D eigenvalue weighted by Gasteiger charge is -2.05.